The maximum absolute atomic E-state index is 11.6. The van der Waals surface area contributed by atoms with Crippen molar-refractivity contribution in [2.75, 3.05) is 38.7 Å². The highest BCUT2D eigenvalue weighted by atomic mass is 16.5. The van der Waals surface area contributed by atoms with Crippen LogP contribution in [0.1, 0.15) is 30.9 Å². The molecule has 1 saturated carbocycles. The van der Waals surface area contributed by atoms with Crippen molar-refractivity contribution in [3.8, 4) is 5.75 Å². The number of esters is 1. The summed E-state index contributed by atoms with van der Waals surface area (Å²) < 4.78 is 10.5. The Bertz CT molecular complexity index is 570. The van der Waals surface area contributed by atoms with Crippen LogP contribution in [0.3, 0.4) is 0 Å². The Balaban J connectivity index is 1.73. The zero-order valence-electron chi connectivity index (χ0n) is 14.1. The zero-order chi connectivity index (χ0) is 16.2. The van der Waals surface area contributed by atoms with Gasteiger partial charge in [0.15, 0.2) is 0 Å². The van der Waals surface area contributed by atoms with E-state index in [-0.39, 0.29) is 12.5 Å². The molecule has 0 spiro atoms. The van der Waals surface area contributed by atoms with Gasteiger partial charge in [0, 0.05) is 19.6 Å². The Morgan fingerprint density at radius 1 is 1.39 bits per heavy atom. The Morgan fingerprint density at radius 3 is 2.91 bits per heavy atom. The van der Waals surface area contributed by atoms with Crippen molar-refractivity contribution < 1.29 is 14.3 Å². The molecule has 0 saturated heterocycles. The highest BCUT2D eigenvalue weighted by Gasteiger charge is 2.27. The normalized spacial score (nSPS) is 17.5. The van der Waals surface area contributed by atoms with E-state index in [2.05, 4.69) is 16.3 Å². The molecule has 1 aromatic carbocycles. The molecule has 0 radical (unpaired) electrons. The van der Waals surface area contributed by atoms with E-state index in [0.29, 0.717) is 6.61 Å². The largest absolute Gasteiger partial charge is 0.495 e. The van der Waals surface area contributed by atoms with Crippen LogP contribution in [0.2, 0.25) is 0 Å². The van der Waals surface area contributed by atoms with Crippen molar-refractivity contribution in [2.45, 2.75) is 32.7 Å². The first-order valence-corrected chi connectivity index (χ1v) is 8.51. The second-order valence-electron chi connectivity index (χ2n) is 6.37. The lowest BCUT2D eigenvalue weighted by atomic mass is 9.96. The molecule has 0 bridgehead atoms. The van der Waals surface area contributed by atoms with Gasteiger partial charge in [-0.2, -0.15) is 0 Å². The zero-order valence-corrected chi connectivity index (χ0v) is 14.1. The van der Waals surface area contributed by atoms with Crippen molar-refractivity contribution in [2.24, 2.45) is 5.92 Å². The highest BCUT2D eigenvalue weighted by molar-refractivity contribution is 5.77. The predicted octanol–water partition coefficient (Wildman–Crippen LogP) is 2.44. The molecule has 3 rings (SSSR count). The van der Waals surface area contributed by atoms with Crippen LogP contribution in [0.15, 0.2) is 12.1 Å². The number of methoxy groups -OCH3 is 1. The highest BCUT2D eigenvalue weighted by Crippen LogP contribution is 2.36. The Hall–Kier alpha value is -1.75. The molecule has 1 aromatic rings. The second-order valence-corrected chi connectivity index (χ2v) is 6.37. The van der Waals surface area contributed by atoms with Crippen molar-refractivity contribution in [1.82, 2.24) is 4.90 Å². The molecule has 2 aliphatic rings. The van der Waals surface area contributed by atoms with E-state index in [4.69, 9.17) is 9.47 Å². The van der Waals surface area contributed by atoms with E-state index in [9.17, 15) is 4.79 Å². The molecule has 0 aromatic heterocycles. The third-order valence-electron chi connectivity index (χ3n) is 4.59. The minimum atomic E-state index is -0.238. The molecule has 5 heteroatoms. The first-order valence-electron chi connectivity index (χ1n) is 8.51. The summed E-state index contributed by atoms with van der Waals surface area (Å²) >= 11 is 0. The topological polar surface area (TPSA) is 50.8 Å². The number of nitrogens with one attached hydrogen (secondary N) is 1. The monoisotopic (exact) mass is 318 g/mol. The van der Waals surface area contributed by atoms with Crippen molar-refractivity contribution in [1.29, 1.82) is 0 Å². The summed E-state index contributed by atoms with van der Waals surface area (Å²) in [5.74, 6) is 1.47. The summed E-state index contributed by atoms with van der Waals surface area (Å²) in [5, 5.41) is 3.23. The molecule has 1 aliphatic carbocycles. The van der Waals surface area contributed by atoms with E-state index in [1.54, 1.807) is 7.11 Å². The number of hydrogen-bond donors (Lipinski definition) is 1. The van der Waals surface area contributed by atoms with E-state index in [0.717, 1.165) is 36.9 Å². The van der Waals surface area contributed by atoms with Crippen molar-refractivity contribution in [3.63, 3.8) is 0 Å². The minimum Gasteiger partial charge on any atom is -0.495 e. The Labute approximate surface area is 137 Å². The van der Waals surface area contributed by atoms with Gasteiger partial charge in [0.05, 0.1) is 19.4 Å². The standard InChI is InChI=1S/C18H26N2O3/c1-3-23-17(21)10-19-18-15-8-9-20(11-13-4-5-13)12-14(15)6-7-16(18)22-2/h6-7,13,19H,3-5,8-12H2,1-2H3. The summed E-state index contributed by atoms with van der Waals surface area (Å²) in [6, 6.07) is 4.15. The van der Waals surface area contributed by atoms with Crippen LogP contribution in [0.4, 0.5) is 5.69 Å². The third kappa shape index (κ3) is 3.96. The number of hydrogen-bond acceptors (Lipinski definition) is 5. The van der Waals surface area contributed by atoms with Crippen LogP contribution >= 0.6 is 0 Å². The molecule has 1 fully saturated rings. The van der Waals surface area contributed by atoms with Gasteiger partial charge in [-0.25, -0.2) is 0 Å². The summed E-state index contributed by atoms with van der Waals surface area (Å²) in [5.41, 5.74) is 3.56. The number of benzene rings is 1. The maximum Gasteiger partial charge on any atom is 0.325 e. The van der Waals surface area contributed by atoms with Gasteiger partial charge in [0.1, 0.15) is 12.3 Å². The number of rotatable bonds is 7. The quantitative estimate of drug-likeness (QED) is 0.783. The summed E-state index contributed by atoms with van der Waals surface area (Å²) in [6.07, 6.45) is 3.76. The molecular formula is C18H26N2O3. The first-order chi connectivity index (χ1) is 11.2. The van der Waals surface area contributed by atoms with Gasteiger partial charge in [-0.15, -0.1) is 0 Å². The number of carbonyl (C=O) groups is 1. The fourth-order valence-electron chi connectivity index (χ4n) is 3.25. The summed E-state index contributed by atoms with van der Waals surface area (Å²) in [6.45, 7) is 5.68. The minimum absolute atomic E-state index is 0.173. The van der Waals surface area contributed by atoms with Crippen LogP contribution in [0.25, 0.3) is 0 Å². The van der Waals surface area contributed by atoms with Crippen LogP contribution in [0, 0.1) is 5.92 Å². The van der Waals surface area contributed by atoms with Gasteiger partial charge in [0.25, 0.3) is 0 Å². The molecule has 0 unspecified atom stereocenters. The van der Waals surface area contributed by atoms with E-state index >= 15 is 0 Å². The third-order valence-corrected chi connectivity index (χ3v) is 4.59. The number of nitrogens with zero attached hydrogens (tertiary/aromatic N) is 1. The van der Waals surface area contributed by atoms with Crippen molar-refractivity contribution in [3.05, 3.63) is 23.3 Å². The maximum atomic E-state index is 11.6. The smallest absolute Gasteiger partial charge is 0.325 e. The van der Waals surface area contributed by atoms with Gasteiger partial charge >= 0.3 is 5.97 Å². The van der Waals surface area contributed by atoms with Gasteiger partial charge in [0.2, 0.25) is 0 Å². The van der Waals surface area contributed by atoms with Gasteiger partial charge in [-0.1, -0.05) is 6.07 Å². The Kier molecular flexibility index (Phi) is 5.06. The number of ether oxygens (including phenoxy) is 2. The number of carbonyl (C=O) groups excluding carboxylic acids is 1. The van der Waals surface area contributed by atoms with Crippen molar-refractivity contribution >= 4 is 11.7 Å². The predicted molar refractivity (Wildman–Crippen MR) is 89.8 cm³/mol. The van der Waals surface area contributed by atoms with Crippen LogP contribution < -0.4 is 10.1 Å². The fourth-order valence-corrected chi connectivity index (χ4v) is 3.25. The van der Waals surface area contributed by atoms with E-state index < -0.39 is 0 Å². The molecule has 1 heterocycles. The van der Waals surface area contributed by atoms with E-state index in [1.165, 1.54) is 30.5 Å². The Morgan fingerprint density at radius 2 is 2.22 bits per heavy atom. The molecule has 23 heavy (non-hydrogen) atoms. The lowest BCUT2D eigenvalue weighted by Crippen LogP contribution is -2.33. The SMILES string of the molecule is CCOC(=O)CNc1c(OC)ccc2c1CCN(CC1CC1)C2. The van der Waals surface area contributed by atoms with Gasteiger partial charge in [-0.3, -0.25) is 9.69 Å². The van der Waals surface area contributed by atoms with Crippen LogP contribution in [-0.4, -0.2) is 44.2 Å². The molecular weight excluding hydrogens is 292 g/mol. The lowest BCUT2D eigenvalue weighted by Gasteiger charge is -2.30. The van der Waals surface area contributed by atoms with Gasteiger partial charge in [-0.05, 0) is 49.3 Å². The molecule has 5 nitrogen and oxygen atoms in total. The first kappa shape index (κ1) is 16.1. The lowest BCUT2D eigenvalue weighted by molar-refractivity contribution is -0.140. The van der Waals surface area contributed by atoms with E-state index in [1.807, 2.05) is 13.0 Å². The molecule has 1 aliphatic heterocycles. The molecule has 1 N–H and O–H groups in total. The fraction of sp³-hybridized carbons (Fsp3) is 0.611. The van der Waals surface area contributed by atoms with Crippen LogP contribution in [0.5, 0.6) is 5.75 Å². The second kappa shape index (κ2) is 7.21. The number of anilines is 1. The average Bonchev–Trinajstić information content (AvgIpc) is 3.36. The molecule has 0 amide bonds. The molecule has 126 valence electrons. The van der Waals surface area contributed by atoms with Gasteiger partial charge < -0.3 is 14.8 Å². The average molecular weight is 318 g/mol. The summed E-state index contributed by atoms with van der Waals surface area (Å²) in [7, 11) is 1.67. The summed E-state index contributed by atoms with van der Waals surface area (Å²) in [4.78, 5) is 14.2. The number of fused-ring (bicyclic) bond motifs is 1. The molecule has 0 atom stereocenters. The van der Waals surface area contributed by atoms with Crippen LogP contribution in [-0.2, 0) is 22.5 Å².